The zero-order valence-electron chi connectivity index (χ0n) is 13.1. The van der Waals surface area contributed by atoms with E-state index in [1.165, 1.54) is 16.4 Å². The van der Waals surface area contributed by atoms with E-state index in [4.69, 9.17) is 4.74 Å². The second kappa shape index (κ2) is 7.58. The molecule has 9 nitrogen and oxygen atoms in total. The minimum absolute atomic E-state index is 0.165. The zero-order valence-corrected chi connectivity index (χ0v) is 14.0. The van der Waals surface area contributed by atoms with Crippen molar-refractivity contribution in [2.24, 2.45) is 0 Å². The molecular weight excluding hydrogens is 340 g/mol. The molecule has 0 radical (unpaired) electrons. The van der Waals surface area contributed by atoms with Crippen molar-refractivity contribution < 1.29 is 27.6 Å². The fourth-order valence-corrected chi connectivity index (χ4v) is 3.91. The Morgan fingerprint density at radius 2 is 1.96 bits per heavy atom. The molecule has 0 N–H and O–H groups in total. The van der Waals surface area contributed by atoms with Gasteiger partial charge in [-0.1, -0.05) is 6.42 Å². The van der Waals surface area contributed by atoms with Crippen molar-refractivity contribution in [3.63, 3.8) is 0 Å². The summed E-state index contributed by atoms with van der Waals surface area (Å²) in [5.41, 5.74) is -0.517. The number of hydrogen-bond donors (Lipinski definition) is 0. The Hall–Kier alpha value is -2.20. The number of nitro groups is 1. The molecule has 2 rings (SSSR count). The van der Waals surface area contributed by atoms with Gasteiger partial charge in [0.15, 0.2) is 12.4 Å². The molecule has 24 heavy (non-hydrogen) atoms. The number of benzene rings is 1. The second-order valence-electron chi connectivity index (χ2n) is 5.22. The van der Waals surface area contributed by atoms with Crippen LogP contribution in [0.2, 0.25) is 0 Å². The summed E-state index contributed by atoms with van der Waals surface area (Å²) in [4.78, 5) is 21.4. The monoisotopic (exact) mass is 358 g/mol. The maximum atomic E-state index is 12.6. The van der Waals surface area contributed by atoms with Crippen LogP contribution in [-0.4, -0.2) is 50.4 Å². The Labute approximate surface area is 139 Å². The van der Waals surface area contributed by atoms with Gasteiger partial charge >= 0.3 is 11.7 Å². The van der Waals surface area contributed by atoms with Crippen molar-refractivity contribution in [2.75, 3.05) is 26.8 Å². The van der Waals surface area contributed by atoms with Crippen molar-refractivity contribution in [3.05, 3.63) is 28.3 Å². The lowest BCUT2D eigenvalue weighted by atomic mass is 10.2. The highest BCUT2D eigenvalue weighted by molar-refractivity contribution is 7.89. The van der Waals surface area contributed by atoms with Crippen molar-refractivity contribution in [1.29, 1.82) is 0 Å². The van der Waals surface area contributed by atoms with Gasteiger partial charge in [0.1, 0.15) is 0 Å². The molecule has 1 aliphatic rings. The highest BCUT2D eigenvalue weighted by Gasteiger charge is 2.29. The molecule has 1 saturated heterocycles. The van der Waals surface area contributed by atoms with Crippen LogP contribution in [-0.2, 0) is 19.6 Å². The molecule has 0 aliphatic carbocycles. The third-order valence-corrected chi connectivity index (χ3v) is 5.55. The summed E-state index contributed by atoms with van der Waals surface area (Å²) < 4.78 is 35.9. The molecule has 0 atom stereocenters. The number of nitrogens with zero attached hydrogens (tertiary/aromatic N) is 2. The summed E-state index contributed by atoms with van der Waals surface area (Å²) >= 11 is 0. The van der Waals surface area contributed by atoms with Gasteiger partial charge in [0.05, 0.1) is 16.9 Å². The average molecular weight is 358 g/mol. The van der Waals surface area contributed by atoms with Crippen molar-refractivity contribution >= 4 is 21.7 Å². The number of hydrogen-bond acceptors (Lipinski definition) is 7. The summed E-state index contributed by atoms with van der Waals surface area (Å²) in [6, 6.07) is 3.37. The number of sulfonamides is 1. The number of nitro benzene ring substituents is 1. The van der Waals surface area contributed by atoms with Crippen LogP contribution in [0.15, 0.2) is 23.1 Å². The van der Waals surface area contributed by atoms with E-state index in [2.05, 4.69) is 4.74 Å². The van der Waals surface area contributed by atoms with E-state index in [-0.39, 0.29) is 10.6 Å². The van der Waals surface area contributed by atoms with Crippen LogP contribution >= 0.6 is 0 Å². The van der Waals surface area contributed by atoms with Gasteiger partial charge in [-0.05, 0) is 25.0 Å². The van der Waals surface area contributed by atoms with Gasteiger partial charge in [0.25, 0.3) is 0 Å². The second-order valence-corrected chi connectivity index (χ2v) is 7.15. The molecule has 0 aromatic heterocycles. The van der Waals surface area contributed by atoms with Crippen molar-refractivity contribution in [1.82, 2.24) is 4.31 Å². The number of carbonyl (C=O) groups is 1. The van der Waals surface area contributed by atoms with E-state index in [1.54, 1.807) is 0 Å². The van der Waals surface area contributed by atoms with E-state index in [1.807, 2.05) is 0 Å². The van der Waals surface area contributed by atoms with E-state index in [0.717, 1.165) is 32.4 Å². The highest BCUT2D eigenvalue weighted by atomic mass is 32.2. The van der Waals surface area contributed by atoms with Crippen molar-refractivity contribution in [2.45, 2.75) is 24.2 Å². The lowest BCUT2D eigenvalue weighted by molar-refractivity contribution is -0.386. The smallest absolute Gasteiger partial charge is 0.343 e. The molecule has 1 heterocycles. The van der Waals surface area contributed by atoms with Crippen LogP contribution in [0.25, 0.3) is 0 Å². The molecular formula is C14H18N2O7S. The summed E-state index contributed by atoms with van der Waals surface area (Å²) in [7, 11) is -2.63. The first-order valence-electron chi connectivity index (χ1n) is 7.34. The quantitative estimate of drug-likeness (QED) is 0.428. The summed E-state index contributed by atoms with van der Waals surface area (Å²) in [5, 5.41) is 11.2. The van der Waals surface area contributed by atoms with Gasteiger partial charge in [-0.25, -0.2) is 13.2 Å². The summed E-state index contributed by atoms with van der Waals surface area (Å²) in [5.74, 6) is -0.891. The first kappa shape index (κ1) is 18.1. The van der Waals surface area contributed by atoms with Crippen molar-refractivity contribution in [3.8, 4) is 5.75 Å². The van der Waals surface area contributed by atoms with E-state index in [0.29, 0.717) is 13.1 Å². The van der Waals surface area contributed by atoms with Gasteiger partial charge in [0, 0.05) is 19.2 Å². The Bertz CT molecular complexity index is 727. The number of esters is 1. The first-order valence-corrected chi connectivity index (χ1v) is 8.78. The van der Waals surface area contributed by atoms with Crippen LogP contribution in [0.4, 0.5) is 5.69 Å². The third kappa shape index (κ3) is 4.01. The largest absolute Gasteiger partial charge is 0.475 e. The molecule has 1 aromatic rings. The molecule has 0 spiro atoms. The fourth-order valence-electron chi connectivity index (χ4n) is 2.37. The molecule has 132 valence electrons. The molecule has 0 unspecified atom stereocenters. The Balaban J connectivity index is 2.30. The molecule has 10 heteroatoms. The lowest BCUT2D eigenvalue weighted by Crippen LogP contribution is -2.35. The van der Waals surface area contributed by atoms with Crippen LogP contribution in [0.1, 0.15) is 19.3 Å². The average Bonchev–Trinajstić information content (AvgIpc) is 2.60. The normalized spacial score (nSPS) is 15.7. The van der Waals surface area contributed by atoms with Gasteiger partial charge < -0.3 is 9.47 Å². The van der Waals surface area contributed by atoms with Gasteiger partial charge in [-0.3, -0.25) is 10.1 Å². The molecule has 1 fully saturated rings. The Kier molecular flexibility index (Phi) is 5.73. The Morgan fingerprint density at radius 3 is 2.54 bits per heavy atom. The minimum atomic E-state index is -3.79. The van der Waals surface area contributed by atoms with Crippen LogP contribution in [0, 0.1) is 10.1 Å². The van der Waals surface area contributed by atoms with E-state index < -0.39 is 33.2 Å². The van der Waals surface area contributed by atoms with E-state index in [9.17, 15) is 23.3 Å². The van der Waals surface area contributed by atoms with Crippen LogP contribution in [0.3, 0.4) is 0 Å². The molecule has 0 amide bonds. The fraction of sp³-hybridized carbons (Fsp3) is 0.500. The first-order chi connectivity index (χ1) is 11.4. The third-order valence-electron chi connectivity index (χ3n) is 3.65. The zero-order chi connectivity index (χ0) is 17.7. The maximum Gasteiger partial charge on any atom is 0.343 e. The number of ether oxygens (including phenoxy) is 2. The number of carbonyl (C=O) groups excluding carboxylic acids is 1. The predicted molar refractivity (Wildman–Crippen MR) is 83.2 cm³/mol. The molecule has 1 aliphatic heterocycles. The van der Waals surface area contributed by atoms with Crippen LogP contribution < -0.4 is 4.74 Å². The standard InChI is InChI=1S/C14H18N2O7S/c1-22-14(17)10-23-13-6-5-11(9-12(13)16(18)19)24(20,21)15-7-3-2-4-8-15/h5-6,9H,2-4,7-8,10H2,1H3. The number of methoxy groups -OCH3 is 1. The lowest BCUT2D eigenvalue weighted by Gasteiger charge is -2.25. The number of rotatable bonds is 6. The highest BCUT2D eigenvalue weighted by Crippen LogP contribution is 2.31. The topological polar surface area (TPSA) is 116 Å². The minimum Gasteiger partial charge on any atom is -0.475 e. The maximum absolute atomic E-state index is 12.6. The SMILES string of the molecule is COC(=O)COc1ccc(S(=O)(=O)N2CCCCC2)cc1[N+](=O)[O-]. The van der Waals surface area contributed by atoms with Gasteiger partial charge in [-0.2, -0.15) is 4.31 Å². The molecule has 0 saturated carbocycles. The summed E-state index contributed by atoms with van der Waals surface area (Å²) in [6.45, 7) is 0.295. The van der Waals surface area contributed by atoms with Gasteiger partial charge in [-0.15, -0.1) is 0 Å². The Morgan fingerprint density at radius 1 is 1.29 bits per heavy atom. The molecule has 0 bridgehead atoms. The number of piperidine rings is 1. The van der Waals surface area contributed by atoms with Crippen LogP contribution in [0.5, 0.6) is 5.75 Å². The van der Waals surface area contributed by atoms with Gasteiger partial charge in [0.2, 0.25) is 10.0 Å². The predicted octanol–water partition coefficient (Wildman–Crippen LogP) is 1.32. The summed E-state index contributed by atoms with van der Waals surface area (Å²) in [6.07, 6.45) is 2.50. The van der Waals surface area contributed by atoms with E-state index >= 15 is 0 Å². The molecule has 1 aromatic carbocycles.